The molecule has 2 N–H and O–H groups in total. The minimum absolute atomic E-state index is 0.0276. The average molecular weight is 606 g/mol. The van der Waals surface area contributed by atoms with E-state index in [2.05, 4.69) is 20.8 Å². The van der Waals surface area contributed by atoms with E-state index in [1.165, 1.54) is 29.2 Å². The Hall–Kier alpha value is -3.35. The van der Waals surface area contributed by atoms with E-state index < -0.39 is 11.9 Å². The monoisotopic (exact) mass is 604 g/mol. The van der Waals surface area contributed by atoms with Crippen LogP contribution in [-0.2, 0) is 14.4 Å². The number of amides is 2. The maximum atomic E-state index is 12.6. The van der Waals surface area contributed by atoms with E-state index in [0.717, 1.165) is 11.8 Å². The lowest BCUT2D eigenvalue weighted by Crippen LogP contribution is -2.42. The highest BCUT2D eigenvalue weighted by atomic mass is 35.5. The molecule has 1 aliphatic heterocycles. The quantitative estimate of drug-likeness (QED) is 0.324. The van der Waals surface area contributed by atoms with Crippen LogP contribution in [0.4, 0.5) is 5.69 Å². The zero-order chi connectivity index (χ0) is 28.2. The summed E-state index contributed by atoms with van der Waals surface area (Å²) in [6, 6.07) is 10.6. The topological polar surface area (TPSA) is 140 Å². The number of nitrogens with one attached hydrogen (secondary N) is 1. The fraction of sp³-hybridized carbons (Fsp3) is 0.385. The van der Waals surface area contributed by atoms with Crippen LogP contribution in [0, 0.1) is 5.92 Å². The number of carboxylic acid groups (broad SMARTS) is 1. The highest BCUT2D eigenvalue weighted by Crippen LogP contribution is 2.41. The van der Waals surface area contributed by atoms with Gasteiger partial charge in [0, 0.05) is 19.2 Å². The van der Waals surface area contributed by atoms with Gasteiger partial charge in [-0.3, -0.25) is 14.4 Å². The third kappa shape index (κ3) is 6.86. The molecule has 2 aromatic carbocycles. The number of hydrogen-bond donors (Lipinski definition) is 2. The molecule has 0 unspecified atom stereocenters. The van der Waals surface area contributed by atoms with Gasteiger partial charge < -0.3 is 20.1 Å². The second-order valence-electron chi connectivity index (χ2n) is 9.62. The van der Waals surface area contributed by atoms with Crippen LogP contribution in [0.15, 0.2) is 41.6 Å². The van der Waals surface area contributed by atoms with Crippen LogP contribution < -0.4 is 10.1 Å². The third-order valence-corrected chi connectivity index (χ3v) is 8.33. The smallest absolute Gasteiger partial charge is 0.306 e. The molecule has 3 aromatic rings. The van der Waals surface area contributed by atoms with Gasteiger partial charge in [0.05, 0.1) is 33.1 Å². The molecule has 11 nitrogen and oxygen atoms in total. The van der Waals surface area contributed by atoms with Crippen LogP contribution in [0.25, 0.3) is 5.69 Å². The van der Waals surface area contributed by atoms with Crippen molar-refractivity contribution < 1.29 is 24.2 Å². The Morgan fingerprint density at radius 2 is 1.82 bits per heavy atom. The number of anilines is 1. The lowest BCUT2D eigenvalue weighted by atomic mass is 9.97. The summed E-state index contributed by atoms with van der Waals surface area (Å²) < 4.78 is 7.08. The number of halogens is 2. The van der Waals surface area contributed by atoms with Gasteiger partial charge in [-0.15, -0.1) is 5.10 Å². The first-order valence-electron chi connectivity index (χ1n) is 12.7. The first-order chi connectivity index (χ1) is 19.3. The number of benzene rings is 2. The second-order valence-corrected chi connectivity index (χ2v) is 11.4. The molecular formula is C26H26Cl2N6O5S. The average Bonchev–Trinajstić information content (AvgIpc) is 3.70. The number of nitrogens with zero attached hydrogens (tertiary/aromatic N) is 5. The summed E-state index contributed by atoms with van der Waals surface area (Å²) in [7, 11) is 0. The van der Waals surface area contributed by atoms with Crippen LogP contribution in [0.3, 0.4) is 0 Å². The number of carbonyl (C=O) groups excluding carboxylic acids is 2. The minimum atomic E-state index is -0.830. The van der Waals surface area contributed by atoms with E-state index in [1.54, 1.807) is 17.0 Å². The summed E-state index contributed by atoms with van der Waals surface area (Å²) in [5.41, 5.74) is 2.23. The largest absolute Gasteiger partial charge is 0.484 e. The van der Waals surface area contributed by atoms with Crippen molar-refractivity contribution in [2.75, 3.05) is 30.8 Å². The van der Waals surface area contributed by atoms with Crippen molar-refractivity contribution >= 4 is 58.4 Å². The van der Waals surface area contributed by atoms with Crippen LogP contribution in [0.5, 0.6) is 5.75 Å². The summed E-state index contributed by atoms with van der Waals surface area (Å²) in [6.45, 7) is 0.572. The van der Waals surface area contributed by atoms with Crippen molar-refractivity contribution in [2.45, 2.75) is 36.8 Å². The summed E-state index contributed by atoms with van der Waals surface area (Å²) in [5, 5.41) is 24.8. The number of rotatable bonds is 10. The number of aromatic nitrogens is 4. The fourth-order valence-electron chi connectivity index (χ4n) is 4.40. The van der Waals surface area contributed by atoms with E-state index in [4.69, 9.17) is 33.0 Å². The molecule has 5 rings (SSSR count). The zero-order valence-electron chi connectivity index (χ0n) is 21.3. The van der Waals surface area contributed by atoms with Gasteiger partial charge in [-0.2, -0.15) is 4.68 Å². The first-order valence-corrected chi connectivity index (χ1v) is 14.5. The fourth-order valence-corrected chi connectivity index (χ4v) is 5.57. The van der Waals surface area contributed by atoms with Gasteiger partial charge in [-0.05, 0) is 71.9 Å². The Morgan fingerprint density at radius 1 is 1.05 bits per heavy atom. The lowest BCUT2D eigenvalue weighted by molar-refractivity contribution is -0.146. The van der Waals surface area contributed by atoms with E-state index in [-0.39, 0.29) is 29.2 Å². The molecule has 0 atom stereocenters. The van der Waals surface area contributed by atoms with E-state index in [0.29, 0.717) is 59.2 Å². The van der Waals surface area contributed by atoms with Crippen molar-refractivity contribution in [3.63, 3.8) is 0 Å². The molecule has 2 fully saturated rings. The third-order valence-electron chi connectivity index (χ3n) is 6.80. The van der Waals surface area contributed by atoms with Crippen molar-refractivity contribution in [1.29, 1.82) is 0 Å². The van der Waals surface area contributed by atoms with Gasteiger partial charge in [0.2, 0.25) is 11.1 Å². The van der Waals surface area contributed by atoms with Gasteiger partial charge >= 0.3 is 5.97 Å². The highest BCUT2D eigenvalue weighted by molar-refractivity contribution is 7.99. The minimum Gasteiger partial charge on any atom is -0.484 e. The molecular weight excluding hydrogens is 579 g/mol. The van der Waals surface area contributed by atoms with Crippen molar-refractivity contribution in [2.24, 2.45) is 5.92 Å². The van der Waals surface area contributed by atoms with E-state index in [1.807, 2.05) is 18.2 Å². The number of hydrogen-bond acceptors (Lipinski definition) is 8. The SMILES string of the molecule is O=C(CSc1nnnn1-c1ccc(C2CC2)cc1Cl)Nc1ccc(OCC(=O)N2CCC(C(=O)O)CC2)cc1Cl. The predicted octanol–water partition coefficient (Wildman–Crippen LogP) is 4.28. The number of tetrazole rings is 1. The summed E-state index contributed by atoms with van der Waals surface area (Å²) in [5.74, 6) is -0.815. The number of aliphatic carboxylic acids is 1. The van der Waals surface area contributed by atoms with Gasteiger partial charge in [0.1, 0.15) is 5.75 Å². The lowest BCUT2D eigenvalue weighted by Gasteiger charge is -2.30. The Morgan fingerprint density at radius 3 is 2.50 bits per heavy atom. The Bertz CT molecular complexity index is 1420. The number of carbonyl (C=O) groups is 3. The van der Waals surface area contributed by atoms with Crippen molar-refractivity contribution in [3.05, 3.63) is 52.0 Å². The van der Waals surface area contributed by atoms with E-state index in [9.17, 15) is 14.4 Å². The molecule has 0 spiro atoms. The first kappa shape index (κ1) is 28.2. The number of likely N-dealkylation sites (tertiary alicyclic amines) is 1. The van der Waals surface area contributed by atoms with Crippen molar-refractivity contribution in [3.8, 4) is 11.4 Å². The normalized spacial score (nSPS) is 15.6. The molecule has 1 aromatic heterocycles. The molecule has 0 radical (unpaired) electrons. The number of carboxylic acids is 1. The van der Waals surface area contributed by atoms with E-state index >= 15 is 0 Å². The van der Waals surface area contributed by atoms with Crippen molar-refractivity contribution in [1.82, 2.24) is 25.1 Å². The van der Waals surface area contributed by atoms with Crippen LogP contribution in [0.1, 0.15) is 37.2 Å². The van der Waals surface area contributed by atoms with Crippen LogP contribution in [0.2, 0.25) is 10.0 Å². The molecule has 1 saturated carbocycles. The second kappa shape index (κ2) is 12.4. The Balaban J connectivity index is 1.11. The predicted molar refractivity (Wildman–Crippen MR) is 149 cm³/mol. The van der Waals surface area contributed by atoms with Crippen LogP contribution >= 0.6 is 35.0 Å². The highest BCUT2D eigenvalue weighted by Gasteiger charge is 2.27. The van der Waals surface area contributed by atoms with Gasteiger partial charge in [-0.25, -0.2) is 0 Å². The molecule has 14 heteroatoms. The number of thioether (sulfide) groups is 1. The molecule has 2 heterocycles. The molecule has 40 heavy (non-hydrogen) atoms. The molecule has 2 amide bonds. The van der Waals surface area contributed by atoms with Crippen LogP contribution in [-0.4, -0.2) is 73.4 Å². The number of piperidine rings is 1. The maximum Gasteiger partial charge on any atom is 0.306 e. The van der Waals surface area contributed by atoms with Gasteiger partial charge in [-0.1, -0.05) is 41.0 Å². The standard InChI is InChI=1S/C26H26Cl2N6O5S/c27-19-12-18(39-13-24(36)33-9-7-16(8-10-33)25(37)38)4-5-21(19)29-23(35)14-40-26-30-31-32-34(26)22-6-3-17(11-20(22)28)15-1-2-15/h3-6,11-12,15-16H,1-2,7-10,13-14H2,(H,29,35)(H,37,38). The molecule has 1 aliphatic carbocycles. The summed E-state index contributed by atoms with van der Waals surface area (Å²) in [6.07, 6.45) is 3.20. The summed E-state index contributed by atoms with van der Waals surface area (Å²) in [4.78, 5) is 37.7. The van der Waals surface area contributed by atoms with Gasteiger partial charge in [0.25, 0.3) is 5.91 Å². The zero-order valence-corrected chi connectivity index (χ0v) is 23.6. The number of ether oxygens (including phenoxy) is 1. The molecule has 0 bridgehead atoms. The molecule has 1 saturated heterocycles. The molecule has 210 valence electrons. The Kier molecular flexibility index (Phi) is 8.77. The Labute approximate surface area is 244 Å². The maximum absolute atomic E-state index is 12.6. The van der Waals surface area contributed by atoms with Gasteiger partial charge in [0.15, 0.2) is 6.61 Å². The molecule has 2 aliphatic rings. The summed E-state index contributed by atoms with van der Waals surface area (Å²) >= 11 is 14.0.